The van der Waals surface area contributed by atoms with E-state index in [2.05, 4.69) is 31.2 Å². The molecule has 0 spiro atoms. The van der Waals surface area contributed by atoms with E-state index in [4.69, 9.17) is 0 Å². The van der Waals surface area contributed by atoms with Crippen molar-refractivity contribution in [2.45, 2.75) is 58.3 Å². The first-order valence-corrected chi connectivity index (χ1v) is 6.19. The fourth-order valence-corrected chi connectivity index (χ4v) is 2.16. The Morgan fingerprint density at radius 1 is 1.21 bits per heavy atom. The standard InChI is InChI=1S/C14H24/c1-2-3-4-5-6-8-11-14-12-9-7-10-13-14/h2-3,7,9,14H,4-6,8,10-13H2,1H3/b3-2-. The smallest absolute Gasteiger partial charge is 0.0322 e. The largest absolute Gasteiger partial charge is 0.0917 e. The fourth-order valence-electron chi connectivity index (χ4n) is 2.16. The highest BCUT2D eigenvalue weighted by Crippen LogP contribution is 2.23. The lowest BCUT2D eigenvalue weighted by molar-refractivity contribution is 0.422. The van der Waals surface area contributed by atoms with E-state index < -0.39 is 0 Å². The third-order valence-corrected chi connectivity index (χ3v) is 3.10. The maximum atomic E-state index is 2.37. The fraction of sp³-hybridized carbons (Fsp3) is 0.714. The second-order valence-electron chi connectivity index (χ2n) is 4.36. The van der Waals surface area contributed by atoms with Gasteiger partial charge in [-0.1, -0.05) is 43.6 Å². The van der Waals surface area contributed by atoms with Crippen LogP contribution in [0.4, 0.5) is 0 Å². The van der Waals surface area contributed by atoms with E-state index >= 15 is 0 Å². The Hall–Kier alpha value is -0.520. The Labute approximate surface area is 89.1 Å². The summed E-state index contributed by atoms with van der Waals surface area (Å²) in [7, 11) is 0. The van der Waals surface area contributed by atoms with Gasteiger partial charge >= 0.3 is 0 Å². The van der Waals surface area contributed by atoms with E-state index in [1.807, 2.05) is 0 Å². The van der Waals surface area contributed by atoms with Crippen LogP contribution in [0.5, 0.6) is 0 Å². The van der Waals surface area contributed by atoms with E-state index in [0.29, 0.717) is 0 Å². The number of rotatable bonds is 6. The van der Waals surface area contributed by atoms with Gasteiger partial charge in [0, 0.05) is 0 Å². The zero-order valence-corrected chi connectivity index (χ0v) is 9.54. The lowest BCUT2D eigenvalue weighted by Gasteiger charge is -2.16. The lowest BCUT2D eigenvalue weighted by Crippen LogP contribution is -2.01. The maximum absolute atomic E-state index is 2.37. The molecule has 0 N–H and O–H groups in total. The van der Waals surface area contributed by atoms with Gasteiger partial charge in [0.2, 0.25) is 0 Å². The summed E-state index contributed by atoms with van der Waals surface area (Å²) < 4.78 is 0. The van der Waals surface area contributed by atoms with Crippen LogP contribution in [0.2, 0.25) is 0 Å². The first-order valence-electron chi connectivity index (χ1n) is 6.19. The Morgan fingerprint density at radius 3 is 2.86 bits per heavy atom. The van der Waals surface area contributed by atoms with Crippen LogP contribution in [0.15, 0.2) is 24.3 Å². The molecule has 80 valence electrons. The van der Waals surface area contributed by atoms with Gasteiger partial charge in [0.05, 0.1) is 0 Å². The molecule has 0 aromatic rings. The van der Waals surface area contributed by atoms with Crippen LogP contribution in [-0.4, -0.2) is 0 Å². The van der Waals surface area contributed by atoms with E-state index in [0.717, 1.165) is 5.92 Å². The van der Waals surface area contributed by atoms with Gasteiger partial charge in [0.1, 0.15) is 0 Å². The highest BCUT2D eigenvalue weighted by molar-refractivity contribution is 4.89. The highest BCUT2D eigenvalue weighted by atomic mass is 14.1. The quantitative estimate of drug-likeness (QED) is 0.416. The highest BCUT2D eigenvalue weighted by Gasteiger charge is 2.08. The van der Waals surface area contributed by atoms with Gasteiger partial charge in [-0.2, -0.15) is 0 Å². The minimum absolute atomic E-state index is 1.00. The van der Waals surface area contributed by atoms with Crippen molar-refractivity contribution in [3.63, 3.8) is 0 Å². The summed E-state index contributed by atoms with van der Waals surface area (Å²) in [4.78, 5) is 0. The van der Waals surface area contributed by atoms with Crippen molar-refractivity contribution in [3.8, 4) is 0 Å². The summed E-state index contributed by atoms with van der Waals surface area (Å²) in [6, 6.07) is 0. The zero-order chi connectivity index (χ0) is 10.1. The summed E-state index contributed by atoms with van der Waals surface area (Å²) >= 11 is 0. The van der Waals surface area contributed by atoms with E-state index in [1.54, 1.807) is 0 Å². The molecule has 1 aliphatic carbocycles. The molecule has 0 heterocycles. The molecule has 1 atom stereocenters. The van der Waals surface area contributed by atoms with Crippen molar-refractivity contribution >= 4 is 0 Å². The molecule has 0 heteroatoms. The van der Waals surface area contributed by atoms with E-state index in [1.165, 1.54) is 51.4 Å². The first kappa shape index (κ1) is 11.6. The zero-order valence-electron chi connectivity index (χ0n) is 9.54. The average molecular weight is 192 g/mol. The van der Waals surface area contributed by atoms with Crippen molar-refractivity contribution in [1.82, 2.24) is 0 Å². The van der Waals surface area contributed by atoms with Crippen molar-refractivity contribution < 1.29 is 0 Å². The molecule has 1 aliphatic rings. The molecule has 1 unspecified atom stereocenters. The first-order chi connectivity index (χ1) is 6.93. The summed E-state index contributed by atoms with van der Waals surface area (Å²) in [6.07, 6.45) is 20.2. The van der Waals surface area contributed by atoms with Crippen LogP contribution < -0.4 is 0 Å². The molecule has 14 heavy (non-hydrogen) atoms. The molecule has 0 amide bonds. The Kier molecular flexibility index (Phi) is 6.47. The van der Waals surface area contributed by atoms with Crippen molar-refractivity contribution in [3.05, 3.63) is 24.3 Å². The van der Waals surface area contributed by atoms with Crippen LogP contribution in [0.1, 0.15) is 58.3 Å². The van der Waals surface area contributed by atoms with Crippen LogP contribution in [0.25, 0.3) is 0 Å². The molecule has 0 fully saturated rings. The summed E-state index contributed by atoms with van der Waals surface area (Å²) in [5.41, 5.74) is 0. The Bertz CT molecular complexity index is 176. The van der Waals surface area contributed by atoms with Gasteiger partial charge in [-0.25, -0.2) is 0 Å². The van der Waals surface area contributed by atoms with Crippen molar-refractivity contribution in [2.24, 2.45) is 5.92 Å². The minimum Gasteiger partial charge on any atom is -0.0917 e. The van der Waals surface area contributed by atoms with Crippen molar-refractivity contribution in [2.75, 3.05) is 0 Å². The molecule has 0 aromatic heterocycles. The Morgan fingerprint density at radius 2 is 2.14 bits per heavy atom. The number of allylic oxidation sites excluding steroid dienone is 4. The van der Waals surface area contributed by atoms with Crippen LogP contribution in [0.3, 0.4) is 0 Å². The van der Waals surface area contributed by atoms with Crippen molar-refractivity contribution in [1.29, 1.82) is 0 Å². The Balaban J connectivity index is 1.90. The maximum Gasteiger partial charge on any atom is -0.0322 e. The minimum atomic E-state index is 1.00. The molecule has 0 saturated carbocycles. The van der Waals surface area contributed by atoms with E-state index in [-0.39, 0.29) is 0 Å². The van der Waals surface area contributed by atoms with Gasteiger partial charge in [-0.3, -0.25) is 0 Å². The SMILES string of the molecule is C/C=C\CCCCCC1CC=CCC1. The van der Waals surface area contributed by atoms with Gasteiger partial charge in [-0.15, -0.1) is 0 Å². The third kappa shape index (κ3) is 5.26. The molecule has 0 aliphatic heterocycles. The number of hydrogen-bond acceptors (Lipinski definition) is 0. The molecular weight excluding hydrogens is 168 g/mol. The lowest BCUT2D eigenvalue weighted by atomic mass is 9.89. The predicted octanol–water partition coefficient (Wildman–Crippen LogP) is 4.87. The topological polar surface area (TPSA) is 0 Å². The molecular formula is C14H24. The molecule has 1 rings (SSSR count). The molecule has 0 bridgehead atoms. The molecule has 0 nitrogen and oxygen atoms in total. The molecule has 0 radical (unpaired) electrons. The van der Waals surface area contributed by atoms with Crippen LogP contribution in [-0.2, 0) is 0 Å². The second-order valence-corrected chi connectivity index (χ2v) is 4.36. The van der Waals surface area contributed by atoms with Crippen LogP contribution in [0, 0.1) is 5.92 Å². The van der Waals surface area contributed by atoms with E-state index in [9.17, 15) is 0 Å². The van der Waals surface area contributed by atoms with Gasteiger partial charge in [0.15, 0.2) is 0 Å². The van der Waals surface area contributed by atoms with Gasteiger partial charge in [0.25, 0.3) is 0 Å². The molecule has 0 saturated heterocycles. The van der Waals surface area contributed by atoms with Crippen LogP contribution >= 0.6 is 0 Å². The number of unbranched alkanes of at least 4 members (excludes halogenated alkanes) is 3. The summed E-state index contributed by atoms with van der Waals surface area (Å²) in [5.74, 6) is 1.00. The third-order valence-electron chi connectivity index (χ3n) is 3.10. The van der Waals surface area contributed by atoms with Gasteiger partial charge in [-0.05, 0) is 44.9 Å². The average Bonchev–Trinajstić information content (AvgIpc) is 2.25. The normalized spacial score (nSPS) is 21.9. The molecule has 0 aromatic carbocycles. The predicted molar refractivity (Wildman–Crippen MR) is 64.4 cm³/mol. The number of hydrogen-bond donors (Lipinski definition) is 0. The summed E-state index contributed by atoms with van der Waals surface area (Å²) in [5, 5.41) is 0. The summed E-state index contributed by atoms with van der Waals surface area (Å²) in [6.45, 7) is 2.11. The second kappa shape index (κ2) is 7.84. The van der Waals surface area contributed by atoms with Gasteiger partial charge < -0.3 is 0 Å². The monoisotopic (exact) mass is 192 g/mol.